The number of nitrogens with zero attached hydrogens (tertiary/aromatic N) is 3. The maximum absolute atomic E-state index is 11.1. The first kappa shape index (κ1) is 15.9. The lowest BCUT2D eigenvalue weighted by atomic mass is 10.3. The normalized spacial score (nSPS) is 10.4. The lowest BCUT2D eigenvalue weighted by Gasteiger charge is -2.21. The fraction of sp³-hybridized carbons (Fsp3) is 0.235. The molecule has 0 aliphatic rings. The predicted octanol–water partition coefficient (Wildman–Crippen LogP) is 2.21. The molecular weight excluding hydrogens is 278 g/mol. The van der Waals surface area contributed by atoms with Gasteiger partial charge >= 0.3 is 5.97 Å². The summed E-state index contributed by atoms with van der Waals surface area (Å²) in [6, 6.07) is 11.6. The molecule has 0 N–H and O–H groups in total. The zero-order valence-electron chi connectivity index (χ0n) is 12.4. The van der Waals surface area contributed by atoms with Crippen molar-refractivity contribution in [2.75, 3.05) is 13.2 Å². The summed E-state index contributed by atoms with van der Waals surface area (Å²) in [6.45, 7) is 5.64. The van der Waals surface area contributed by atoms with Gasteiger partial charge in [0.2, 0.25) is 0 Å². The fourth-order valence-electron chi connectivity index (χ4n) is 1.99. The van der Waals surface area contributed by atoms with E-state index in [9.17, 15) is 4.79 Å². The Hall–Kier alpha value is -2.53. The van der Waals surface area contributed by atoms with Gasteiger partial charge in [-0.3, -0.25) is 14.9 Å². The number of rotatable bonds is 8. The van der Waals surface area contributed by atoms with Crippen LogP contribution in [0.15, 0.2) is 61.4 Å². The number of aromatic nitrogens is 2. The van der Waals surface area contributed by atoms with Crippen LogP contribution in [0, 0.1) is 0 Å². The Labute approximate surface area is 130 Å². The number of pyridine rings is 2. The van der Waals surface area contributed by atoms with E-state index in [2.05, 4.69) is 21.4 Å². The summed E-state index contributed by atoms with van der Waals surface area (Å²) in [4.78, 5) is 21.9. The first-order valence-corrected chi connectivity index (χ1v) is 7.09. The summed E-state index contributed by atoms with van der Waals surface area (Å²) in [5.41, 5.74) is 1.93. The molecule has 0 aliphatic heterocycles. The van der Waals surface area contributed by atoms with Gasteiger partial charge in [-0.1, -0.05) is 18.7 Å². The maximum Gasteiger partial charge on any atom is 0.330 e. The summed E-state index contributed by atoms with van der Waals surface area (Å²) in [6.07, 6.45) is 4.71. The third kappa shape index (κ3) is 5.46. The topological polar surface area (TPSA) is 55.3 Å². The minimum absolute atomic E-state index is 0.310. The fourth-order valence-corrected chi connectivity index (χ4v) is 1.99. The Kier molecular flexibility index (Phi) is 6.26. The molecule has 0 amide bonds. The van der Waals surface area contributed by atoms with Crippen molar-refractivity contribution in [2.45, 2.75) is 13.1 Å². The molecule has 114 valence electrons. The summed E-state index contributed by atoms with van der Waals surface area (Å²) < 4.78 is 5.06. The number of hydrogen-bond acceptors (Lipinski definition) is 5. The largest absolute Gasteiger partial charge is 0.461 e. The van der Waals surface area contributed by atoms with Gasteiger partial charge in [-0.2, -0.15) is 0 Å². The molecule has 0 atom stereocenters. The number of esters is 1. The molecule has 0 saturated carbocycles. The number of hydrogen-bond donors (Lipinski definition) is 0. The molecule has 5 heteroatoms. The van der Waals surface area contributed by atoms with Crippen LogP contribution in [0.3, 0.4) is 0 Å². The highest BCUT2D eigenvalue weighted by atomic mass is 16.5. The molecule has 0 spiro atoms. The maximum atomic E-state index is 11.1. The van der Waals surface area contributed by atoms with Crippen LogP contribution in [0.1, 0.15) is 11.4 Å². The lowest BCUT2D eigenvalue weighted by Crippen LogP contribution is -2.28. The van der Waals surface area contributed by atoms with Crippen molar-refractivity contribution in [2.24, 2.45) is 0 Å². The summed E-state index contributed by atoms with van der Waals surface area (Å²) in [5, 5.41) is 0. The number of carbonyl (C=O) groups excluding carboxylic acids is 1. The quantitative estimate of drug-likeness (QED) is 0.552. The summed E-state index contributed by atoms with van der Waals surface area (Å²) in [5.74, 6) is -0.407. The molecule has 0 aromatic carbocycles. The Morgan fingerprint density at radius 1 is 1.09 bits per heavy atom. The second kappa shape index (κ2) is 8.69. The highest BCUT2D eigenvalue weighted by Crippen LogP contribution is 2.06. The molecule has 2 heterocycles. The third-order valence-electron chi connectivity index (χ3n) is 3.04. The van der Waals surface area contributed by atoms with Crippen LogP contribution in [0.5, 0.6) is 0 Å². The standard InChI is InChI=1S/C17H19N3O2/c1-2-17(21)22-12-11-20(13-15-7-3-5-9-18-15)14-16-8-4-6-10-19-16/h2-10H,1,11-14H2. The van der Waals surface area contributed by atoms with Crippen molar-refractivity contribution in [3.05, 3.63) is 72.8 Å². The van der Waals surface area contributed by atoms with Crippen molar-refractivity contribution < 1.29 is 9.53 Å². The van der Waals surface area contributed by atoms with E-state index >= 15 is 0 Å². The van der Waals surface area contributed by atoms with E-state index in [0.29, 0.717) is 26.2 Å². The highest BCUT2D eigenvalue weighted by Gasteiger charge is 2.09. The minimum Gasteiger partial charge on any atom is -0.461 e. The van der Waals surface area contributed by atoms with Gasteiger partial charge in [0.25, 0.3) is 0 Å². The second-order valence-corrected chi connectivity index (χ2v) is 4.72. The van der Waals surface area contributed by atoms with Crippen molar-refractivity contribution in [3.63, 3.8) is 0 Å². The molecule has 0 bridgehead atoms. The van der Waals surface area contributed by atoms with Gasteiger partial charge < -0.3 is 4.74 Å². The van der Waals surface area contributed by atoms with Crippen LogP contribution in [0.25, 0.3) is 0 Å². The van der Waals surface area contributed by atoms with Crippen molar-refractivity contribution in [1.82, 2.24) is 14.9 Å². The van der Waals surface area contributed by atoms with Crippen LogP contribution in [-0.2, 0) is 22.6 Å². The minimum atomic E-state index is -0.407. The van der Waals surface area contributed by atoms with Gasteiger partial charge in [-0.05, 0) is 24.3 Å². The molecule has 0 unspecified atom stereocenters. The zero-order chi connectivity index (χ0) is 15.6. The van der Waals surface area contributed by atoms with Gasteiger partial charge in [0.1, 0.15) is 6.61 Å². The van der Waals surface area contributed by atoms with Gasteiger partial charge in [-0.15, -0.1) is 0 Å². The van der Waals surface area contributed by atoms with Crippen LogP contribution >= 0.6 is 0 Å². The van der Waals surface area contributed by atoms with Crippen LogP contribution in [-0.4, -0.2) is 34.0 Å². The zero-order valence-corrected chi connectivity index (χ0v) is 12.4. The Bertz CT molecular complexity index is 546. The van der Waals surface area contributed by atoms with E-state index in [1.54, 1.807) is 12.4 Å². The monoisotopic (exact) mass is 297 g/mol. The van der Waals surface area contributed by atoms with E-state index in [1.165, 1.54) is 6.08 Å². The van der Waals surface area contributed by atoms with Crippen molar-refractivity contribution >= 4 is 5.97 Å². The van der Waals surface area contributed by atoms with E-state index < -0.39 is 5.97 Å². The van der Waals surface area contributed by atoms with Gasteiger partial charge in [-0.25, -0.2) is 4.79 Å². The Morgan fingerprint density at radius 2 is 1.68 bits per heavy atom. The average molecular weight is 297 g/mol. The smallest absolute Gasteiger partial charge is 0.330 e. The molecule has 2 aromatic heterocycles. The summed E-state index contributed by atoms with van der Waals surface area (Å²) in [7, 11) is 0. The number of carbonyl (C=O) groups is 1. The van der Waals surface area contributed by atoms with E-state index in [0.717, 1.165) is 11.4 Å². The van der Waals surface area contributed by atoms with Crippen LogP contribution in [0.2, 0.25) is 0 Å². The molecule has 2 rings (SSSR count). The summed E-state index contributed by atoms with van der Waals surface area (Å²) >= 11 is 0. The van der Waals surface area contributed by atoms with Crippen LogP contribution in [0.4, 0.5) is 0 Å². The average Bonchev–Trinajstić information content (AvgIpc) is 2.56. The molecule has 0 aliphatic carbocycles. The lowest BCUT2D eigenvalue weighted by molar-refractivity contribution is -0.138. The number of ether oxygens (including phenoxy) is 1. The molecule has 2 aromatic rings. The van der Waals surface area contributed by atoms with Gasteiger partial charge in [0.15, 0.2) is 0 Å². The van der Waals surface area contributed by atoms with E-state index in [4.69, 9.17) is 4.74 Å². The first-order chi connectivity index (χ1) is 10.8. The second-order valence-electron chi connectivity index (χ2n) is 4.72. The van der Waals surface area contributed by atoms with E-state index in [1.807, 2.05) is 36.4 Å². The predicted molar refractivity (Wildman–Crippen MR) is 83.7 cm³/mol. The molecule has 0 fully saturated rings. The third-order valence-corrected chi connectivity index (χ3v) is 3.04. The molecular formula is C17H19N3O2. The van der Waals surface area contributed by atoms with Crippen molar-refractivity contribution in [3.8, 4) is 0 Å². The van der Waals surface area contributed by atoms with Crippen LogP contribution < -0.4 is 0 Å². The SMILES string of the molecule is C=CC(=O)OCCN(Cc1ccccn1)Cc1ccccn1. The molecule has 0 saturated heterocycles. The Morgan fingerprint density at radius 3 is 2.14 bits per heavy atom. The Balaban J connectivity index is 1.96. The van der Waals surface area contributed by atoms with Crippen molar-refractivity contribution in [1.29, 1.82) is 0 Å². The van der Waals surface area contributed by atoms with E-state index in [-0.39, 0.29) is 0 Å². The highest BCUT2D eigenvalue weighted by molar-refractivity contribution is 5.81. The molecule has 5 nitrogen and oxygen atoms in total. The molecule has 0 radical (unpaired) electrons. The molecule has 22 heavy (non-hydrogen) atoms. The first-order valence-electron chi connectivity index (χ1n) is 7.09. The van der Waals surface area contributed by atoms with Gasteiger partial charge in [0.05, 0.1) is 11.4 Å². The van der Waals surface area contributed by atoms with Gasteiger partial charge in [0, 0.05) is 38.1 Å².